The van der Waals surface area contributed by atoms with Crippen LogP contribution in [0.2, 0.25) is 0 Å². The van der Waals surface area contributed by atoms with E-state index in [4.69, 9.17) is 38.3 Å². The molecule has 0 radical (unpaired) electrons. The van der Waals surface area contributed by atoms with Crippen molar-refractivity contribution in [1.29, 1.82) is 0 Å². The highest BCUT2D eigenvalue weighted by molar-refractivity contribution is 6.11. The fourth-order valence-electron chi connectivity index (χ4n) is 2.73. The zero-order valence-corrected chi connectivity index (χ0v) is 15.4. The molecule has 160 valence electrons. The van der Waals surface area contributed by atoms with Crippen LogP contribution in [-0.2, 0) is 24.0 Å². The molecule has 28 heavy (non-hydrogen) atoms. The first-order valence-corrected chi connectivity index (χ1v) is 8.60. The molecule has 0 fully saturated rings. The number of hydrogen-bond donors (Lipinski definition) is 7. The van der Waals surface area contributed by atoms with Crippen LogP contribution in [0, 0.1) is 5.41 Å². The number of ketones is 2. The van der Waals surface area contributed by atoms with Crippen LogP contribution in [0.4, 0.5) is 0 Å². The fourth-order valence-corrected chi connectivity index (χ4v) is 2.73. The zero-order chi connectivity index (χ0) is 22.1. The van der Waals surface area contributed by atoms with Crippen LogP contribution >= 0.6 is 0 Å². The van der Waals surface area contributed by atoms with E-state index in [2.05, 4.69) is 0 Å². The van der Waals surface area contributed by atoms with E-state index in [9.17, 15) is 24.0 Å². The minimum atomic E-state index is -1.98. The number of carboxylic acids is 3. The summed E-state index contributed by atoms with van der Waals surface area (Å²) in [4.78, 5) is 58.2. The standard InChI is InChI=1S/C16H28N4O8/c17-7-16(6-5-10(20)15(27)28,13(25)8(18)1-3-11(21)22)14(26)9(19)2-4-12(23)24/h8-10H,1-7,17-20H2,(H,21,22)(H,23,24)(H,27,28)/t8-,9-,10-/m0/s1. The van der Waals surface area contributed by atoms with Crippen LogP contribution in [0.5, 0.6) is 0 Å². The molecule has 3 atom stereocenters. The van der Waals surface area contributed by atoms with E-state index in [1.807, 2.05) is 0 Å². The number of carbonyl (C=O) groups is 5. The van der Waals surface area contributed by atoms with Crippen LogP contribution in [0.25, 0.3) is 0 Å². The Kier molecular flexibility index (Phi) is 10.5. The summed E-state index contributed by atoms with van der Waals surface area (Å²) < 4.78 is 0. The predicted octanol–water partition coefficient (Wildman–Crippen LogP) is -2.35. The summed E-state index contributed by atoms with van der Waals surface area (Å²) >= 11 is 0. The van der Waals surface area contributed by atoms with Crippen molar-refractivity contribution < 1.29 is 39.3 Å². The maximum Gasteiger partial charge on any atom is 0.320 e. The van der Waals surface area contributed by atoms with Crippen LogP contribution < -0.4 is 22.9 Å². The largest absolute Gasteiger partial charge is 0.481 e. The third-order valence-corrected chi connectivity index (χ3v) is 4.50. The van der Waals surface area contributed by atoms with Crippen molar-refractivity contribution in [3.8, 4) is 0 Å². The van der Waals surface area contributed by atoms with Gasteiger partial charge in [0.25, 0.3) is 0 Å². The summed E-state index contributed by atoms with van der Waals surface area (Å²) in [7, 11) is 0. The lowest BCUT2D eigenvalue weighted by molar-refractivity contribution is -0.145. The molecule has 0 amide bonds. The number of hydrogen-bond acceptors (Lipinski definition) is 9. The molecule has 0 aliphatic heterocycles. The van der Waals surface area contributed by atoms with Crippen LogP contribution in [0.15, 0.2) is 0 Å². The van der Waals surface area contributed by atoms with E-state index in [0.29, 0.717) is 0 Å². The second-order valence-corrected chi connectivity index (χ2v) is 6.58. The van der Waals surface area contributed by atoms with Gasteiger partial charge in [0, 0.05) is 19.4 Å². The first-order valence-electron chi connectivity index (χ1n) is 8.60. The zero-order valence-electron chi connectivity index (χ0n) is 15.4. The van der Waals surface area contributed by atoms with Crippen LogP contribution in [0.1, 0.15) is 38.5 Å². The molecule has 0 saturated heterocycles. The Labute approximate surface area is 161 Å². The van der Waals surface area contributed by atoms with Crippen molar-refractivity contribution in [2.45, 2.75) is 56.7 Å². The monoisotopic (exact) mass is 404 g/mol. The van der Waals surface area contributed by atoms with E-state index < -0.39 is 72.4 Å². The van der Waals surface area contributed by atoms with Gasteiger partial charge in [0.1, 0.15) is 11.5 Å². The van der Waals surface area contributed by atoms with Crippen molar-refractivity contribution in [3.05, 3.63) is 0 Å². The van der Waals surface area contributed by atoms with E-state index >= 15 is 0 Å². The van der Waals surface area contributed by atoms with E-state index in [1.165, 1.54) is 0 Å². The quantitative estimate of drug-likeness (QED) is 0.142. The van der Waals surface area contributed by atoms with Gasteiger partial charge in [-0.1, -0.05) is 0 Å². The van der Waals surface area contributed by atoms with Gasteiger partial charge in [-0.3, -0.25) is 24.0 Å². The second-order valence-electron chi connectivity index (χ2n) is 6.58. The number of Topliss-reactive ketones (excluding diaryl/α,β-unsaturated/α-hetero) is 2. The Morgan fingerprint density at radius 3 is 1.39 bits per heavy atom. The molecule has 0 aromatic rings. The highest BCUT2D eigenvalue weighted by Gasteiger charge is 2.48. The number of nitrogens with two attached hydrogens (primary N) is 4. The summed E-state index contributed by atoms with van der Waals surface area (Å²) in [6, 6.07) is -4.08. The lowest BCUT2D eigenvalue weighted by Gasteiger charge is -2.34. The van der Waals surface area contributed by atoms with Crippen LogP contribution in [-0.4, -0.2) is 69.5 Å². The predicted molar refractivity (Wildman–Crippen MR) is 96.0 cm³/mol. The molecule has 0 aromatic carbocycles. The lowest BCUT2D eigenvalue weighted by atomic mass is 9.69. The molecular formula is C16H28N4O8. The van der Waals surface area contributed by atoms with E-state index in [1.54, 1.807) is 0 Å². The Morgan fingerprint density at radius 1 is 0.714 bits per heavy atom. The highest BCUT2D eigenvalue weighted by atomic mass is 16.4. The van der Waals surface area contributed by atoms with E-state index in [-0.39, 0.29) is 25.7 Å². The van der Waals surface area contributed by atoms with Crippen molar-refractivity contribution >= 4 is 29.5 Å². The first-order chi connectivity index (χ1) is 12.9. The van der Waals surface area contributed by atoms with Crippen molar-refractivity contribution in [3.63, 3.8) is 0 Å². The molecule has 0 spiro atoms. The topological polar surface area (TPSA) is 250 Å². The third kappa shape index (κ3) is 7.31. The molecule has 0 rings (SSSR count). The summed E-state index contributed by atoms with van der Waals surface area (Å²) in [5, 5.41) is 26.4. The normalized spacial score (nSPS) is 14.7. The van der Waals surface area contributed by atoms with Gasteiger partial charge in [0.15, 0.2) is 11.6 Å². The molecule has 0 bridgehead atoms. The highest BCUT2D eigenvalue weighted by Crippen LogP contribution is 2.30. The molecule has 0 unspecified atom stereocenters. The molecule has 0 aromatic heterocycles. The minimum Gasteiger partial charge on any atom is -0.481 e. The van der Waals surface area contributed by atoms with Gasteiger partial charge in [-0.25, -0.2) is 0 Å². The van der Waals surface area contributed by atoms with Crippen LogP contribution in [0.3, 0.4) is 0 Å². The molecule has 12 heteroatoms. The van der Waals surface area contributed by atoms with Gasteiger partial charge >= 0.3 is 17.9 Å². The van der Waals surface area contributed by atoms with Crippen molar-refractivity contribution in [2.24, 2.45) is 28.3 Å². The SMILES string of the molecule is NCC(CC[C@H](N)C(=O)O)(C(=O)[C@@H](N)CCC(=O)O)C(=O)[C@@H](N)CCC(=O)O. The summed E-state index contributed by atoms with van der Waals surface area (Å²) in [5.41, 5.74) is 20.7. The Hall–Kier alpha value is -2.41. The molecule has 0 aliphatic carbocycles. The van der Waals surface area contributed by atoms with Gasteiger partial charge < -0.3 is 38.3 Å². The number of aliphatic carboxylic acids is 3. The maximum absolute atomic E-state index is 12.9. The minimum absolute atomic E-state index is 0.265. The van der Waals surface area contributed by atoms with Gasteiger partial charge in [-0.05, 0) is 25.7 Å². The van der Waals surface area contributed by atoms with Gasteiger partial charge in [0.2, 0.25) is 0 Å². The van der Waals surface area contributed by atoms with Gasteiger partial charge in [-0.2, -0.15) is 0 Å². The Morgan fingerprint density at radius 2 is 1.11 bits per heavy atom. The second kappa shape index (κ2) is 11.4. The summed E-state index contributed by atoms with van der Waals surface area (Å²) in [6.45, 7) is -0.557. The summed E-state index contributed by atoms with van der Waals surface area (Å²) in [6.07, 6.45) is -2.04. The molecule has 0 aliphatic rings. The average Bonchev–Trinajstić information content (AvgIpc) is 2.63. The van der Waals surface area contributed by atoms with E-state index in [0.717, 1.165) is 0 Å². The molecule has 11 N–H and O–H groups in total. The summed E-state index contributed by atoms with van der Waals surface area (Å²) in [5.74, 6) is -5.48. The van der Waals surface area contributed by atoms with Gasteiger partial charge in [-0.15, -0.1) is 0 Å². The number of rotatable bonds is 15. The fraction of sp³-hybridized carbons (Fsp3) is 0.688. The molecule has 0 heterocycles. The molecule has 0 saturated carbocycles. The molecule has 12 nitrogen and oxygen atoms in total. The van der Waals surface area contributed by atoms with Gasteiger partial charge in [0.05, 0.1) is 12.1 Å². The first kappa shape index (κ1) is 25.6. The number of carbonyl (C=O) groups excluding carboxylic acids is 2. The lowest BCUT2D eigenvalue weighted by Crippen LogP contribution is -2.57. The Bertz CT molecular complexity index is 573. The maximum atomic E-state index is 12.9. The molecular weight excluding hydrogens is 376 g/mol. The number of carboxylic acid groups (broad SMARTS) is 3. The van der Waals surface area contributed by atoms with Crippen molar-refractivity contribution in [1.82, 2.24) is 0 Å². The smallest absolute Gasteiger partial charge is 0.320 e. The average molecular weight is 404 g/mol. The third-order valence-electron chi connectivity index (χ3n) is 4.50. The van der Waals surface area contributed by atoms with Crippen molar-refractivity contribution in [2.75, 3.05) is 6.54 Å². The Balaban J connectivity index is 5.71.